The molecule has 0 unspecified atom stereocenters. The summed E-state index contributed by atoms with van der Waals surface area (Å²) in [7, 11) is 0. The van der Waals surface area contributed by atoms with Crippen LogP contribution in [0.25, 0.3) is 0 Å². The molecular formula is C8H4Cl2F4. The van der Waals surface area contributed by atoms with Crippen molar-refractivity contribution in [1.29, 1.82) is 0 Å². The third-order valence-electron chi connectivity index (χ3n) is 1.69. The van der Waals surface area contributed by atoms with E-state index in [0.717, 1.165) is 0 Å². The molecule has 0 nitrogen and oxygen atoms in total. The Hall–Kier alpha value is -0.480. The lowest BCUT2D eigenvalue weighted by Crippen LogP contribution is -2.09. The molecule has 0 atom stereocenters. The standard InChI is InChI=1S/C8H4Cl2F4/c1-3-5(9)2-4(8(12,13)14)7(11)6(3)10/h2H,1H3. The second-order valence-electron chi connectivity index (χ2n) is 2.66. The number of benzene rings is 1. The average Bonchev–Trinajstić information content (AvgIpc) is 2.06. The zero-order valence-electron chi connectivity index (χ0n) is 6.85. The second-order valence-corrected chi connectivity index (χ2v) is 3.44. The molecule has 0 radical (unpaired) electrons. The van der Waals surface area contributed by atoms with Gasteiger partial charge in [0.15, 0.2) is 5.82 Å². The van der Waals surface area contributed by atoms with Crippen molar-refractivity contribution < 1.29 is 17.6 Å². The van der Waals surface area contributed by atoms with Crippen LogP contribution in [-0.2, 0) is 6.18 Å². The first-order valence-corrected chi connectivity index (χ1v) is 4.22. The summed E-state index contributed by atoms with van der Waals surface area (Å²) in [5.41, 5.74) is -1.35. The summed E-state index contributed by atoms with van der Waals surface area (Å²) in [4.78, 5) is 0. The molecule has 78 valence electrons. The van der Waals surface area contributed by atoms with E-state index >= 15 is 0 Å². The van der Waals surface area contributed by atoms with Gasteiger partial charge in [-0.2, -0.15) is 13.2 Å². The second kappa shape index (κ2) is 3.59. The van der Waals surface area contributed by atoms with Gasteiger partial charge in [0.1, 0.15) is 0 Å². The smallest absolute Gasteiger partial charge is 0.205 e. The van der Waals surface area contributed by atoms with Crippen molar-refractivity contribution in [3.8, 4) is 0 Å². The third-order valence-corrected chi connectivity index (χ3v) is 2.54. The van der Waals surface area contributed by atoms with Crippen LogP contribution in [0, 0.1) is 12.7 Å². The van der Waals surface area contributed by atoms with Crippen LogP contribution >= 0.6 is 23.2 Å². The van der Waals surface area contributed by atoms with Gasteiger partial charge in [0.05, 0.1) is 10.6 Å². The zero-order chi connectivity index (χ0) is 11.1. The third kappa shape index (κ3) is 1.96. The number of alkyl halides is 3. The first-order valence-electron chi connectivity index (χ1n) is 3.46. The fourth-order valence-electron chi connectivity index (χ4n) is 0.892. The number of hydrogen-bond acceptors (Lipinski definition) is 0. The lowest BCUT2D eigenvalue weighted by atomic mass is 10.1. The molecule has 0 aliphatic heterocycles. The molecule has 0 aliphatic carbocycles. The van der Waals surface area contributed by atoms with Gasteiger partial charge in [-0.15, -0.1) is 0 Å². The minimum atomic E-state index is -4.79. The van der Waals surface area contributed by atoms with Crippen LogP contribution in [-0.4, -0.2) is 0 Å². The summed E-state index contributed by atoms with van der Waals surface area (Å²) in [6, 6.07) is 0.526. The molecule has 0 bridgehead atoms. The molecule has 0 saturated heterocycles. The van der Waals surface area contributed by atoms with E-state index in [1.165, 1.54) is 6.92 Å². The first kappa shape index (κ1) is 11.6. The van der Waals surface area contributed by atoms with E-state index in [0.29, 0.717) is 6.07 Å². The SMILES string of the molecule is Cc1c(Cl)cc(C(F)(F)F)c(F)c1Cl. The topological polar surface area (TPSA) is 0 Å². The maximum Gasteiger partial charge on any atom is 0.419 e. The molecule has 0 N–H and O–H groups in total. The van der Waals surface area contributed by atoms with Gasteiger partial charge in [-0.1, -0.05) is 23.2 Å². The van der Waals surface area contributed by atoms with E-state index < -0.39 is 22.6 Å². The van der Waals surface area contributed by atoms with E-state index in [1.54, 1.807) is 0 Å². The van der Waals surface area contributed by atoms with Crippen molar-refractivity contribution in [2.24, 2.45) is 0 Å². The highest BCUT2D eigenvalue weighted by Crippen LogP contribution is 2.38. The van der Waals surface area contributed by atoms with Crippen molar-refractivity contribution in [3.63, 3.8) is 0 Å². The predicted molar refractivity (Wildman–Crippen MR) is 46.2 cm³/mol. The Labute approximate surface area is 87.4 Å². The van der Waals surface area contributed by atoms with Crippen LogP contribution in [0.3, 0.4) is 0 Å². The van der Waals surface area contributed by atoms with Crippen LogP contribution in [0.4, 0.5) is 17.6 Å². The quantitative estimate of drug-likeness (QED) is 0.469. The van der Waals surface area contributed by atoms with Crippen LogP contribution in [0.1, 0.15) is 11.1 Å². The first-order chi connectivity index (χ1) is 6.25. The fourth-order valence-corrected chi connectivity index (χ4v) is 1.35. The summed E-state index contributed by atoms with van der Waals surface area (Å²) in [5.74, 6) is -1.49. The van der Waals surface area contributed by atoms with Crippen LogP contribution < -0.4 is 0 Å². The van der Waals surface area contributed by atoms with Gasteiger partial charge in [-0.25, -0.2) is 4.39 Å². The highest BCUT2D eigenvalue weighted by molar-refractivity contribution is 6.36. The van der Waals surface area contributed by atoms with Gasteiger partial charge in [0.25, 0.3) is 0 Å². The van der Waals surface area contributed by atoms with Gasteiger partial charge >= 0.3 is 6.18 Å². The Kier molecular flexibility index (Phi) is 2.97. The normalized spacial score (nSPS) is 11.9. The van der Waals surface area contributed by atoms with E-state index in [-0.39, 0.29) is 10.6 Å². The minimum Gasteiger partial charge on any atom is -0.205 e. The van der Waals surface area contributed by atoms with Gasteiger partial charge in [0.2, 0.25) is 0 Å². The summed E-state index contributed by atoms with van der Waals surface area (Å²) >= 11 is 10.8. The Morgan fingerprint density at radius 1 is 1.21 bits per heavy atom. The average molecular weight is 247 g/mol. The maximum atomic E-state index is 13.0. The Morgan fingerprint density at radius 2 is 1.71 bits per heavy atom. The number of rotatable bonds is 0. The van der Waals surface area contributed by atoms with Crippen molar-refractivity contribution in [1.82, 2.24) is 0 Å². The van der Waals surface area contributed by atoms with E-state index in [9.17, 15) is 17.6 Å². The Morgan fingerprint density at radius 3 is 2.14 bits per heavy atom. The van der Waals surface area contributed by atoms with Crippen molar-refractivity contribution >= 4 is 23.2 Å². The van der Waals surface area contributed by atoms with Gasteiger partial charge in [0, 0.05) is 5.02 Å². The largest absolute Gasteiger partial charge is 0.419 e. The molecule has 0 aliphatic rings. The molecule has 0 spiro atoms. The molecule has 0 heterocycles. The molecule has 0 fully saturated rings. The van der Waals surface area contributed by atoms with Crippen molar-refractivity contribution in [3.05, 3.63) is 33.1 Å². The molecule has 1 aromatic carbocycles. The van der Waals surface area contributed by atoms with E-state index in [4.69, 9.17) is 23.2 Å². The summed E-state index contributed by atoms with van der Waals surface area (Å²) in [6.07, 6.45) is -4.79. The molecule has 6 heteroatoms. The van der Waals surface area contributed by atoms with Gasteiger partial charge in [-0.3, -0.25) is 0 Å². The molecule has 0 saturated carbocycles. The van der Waals surface area contributed by atoms with Crippen molar-refractivity contribution in [2.75, 3.05) is 0 Å². The van der Waals surface area contributed by atoms with Gasteiger partial charge in [-0.05, 0) is 18.6 Å². The molecule has 1 aromatic rings. The van der Waals surface area contributed by atoms with Crippen LogP contribution in [0.15, 0.2) is 6.07 Å². The van der Waals surface area contributed by atoms with E-state index in [2.05, 4.69) is 0 Å². The Bertz CT molecular complexity index is 371. The van der Waals surface area contributed by atoms with E-state index in [1.807, 2.05) is 0 Å². The fraction of sp³-hybridized carbons (Fsp3) is 0.250. The summed E-state index contributed by atoms with van der Waals surface area (Å²) in [5, 5.41) is -0.798. The Balaban J connectivity index is 3.49. The highest BCUT2D eigenvalue weighted by Gasteiger charge is 2.36. The zero-order valence-corrected chi connectivity index (χ0v) is 8.36. The van der Waals surface area contributed by atoms with Crippen LogP contribution in [0.2, 0.25) is 10.0 Å². The number of halogens is 6. The molecular weight excluding hydrogens is 243 g/mol. The number of hydrogen-bond donors (Lipinski definition) is 0. The molecule has 0 aromatic heterocycles. The molecule has 14 heavy (non-hydrogen) atoms. The molecule has 1 rings (SSSR count). The van der Waals surface area contributed by atoms with Crippen LogP contribution in [0.5, 0.6) is 0 Å². The van der Waals surface area contributed by atoms with Crippen molar-refractivity contribution in [2.45, 2.75) is 13.1 Å². The molecule has 0 amide bonds. The maximum absolute atomic E-state index is 13.0. The minimum absolute atomic E-state index is 0.0961. The summed E-state index contributed by atoms with van der Waals surface area (Å²) in [6.45, 7) is 1.34. The van der Waals surface area contributed by atoms with Gasteiger partial charge < -0.3 is 0 Å². The monoisotopic (exact) mass is 246 g/mol. The lowest BCUT2D eigenvalue weighted by molar-refractivity contribution is -0.139. The summed E-state index contributed by atoms with van der Waals surface area (Å²) < 4.78 is 49.6. The highest BCUT2D eigenvalue weighted by atomic mass is 35.5. The predicted octanol–water partition coefficient (Wildman–Crippen LogP) is 4.46. The lowest BCUT2D eigenvalue weighted by Gasteiger charge is -2.11.